The molecule has 0 saturated carbocycles. The Morgan fingerprint density at radius 1 is 1.17 bits per heavy atom. The lowest BCUT2D eigenvalue weighted by Crippen LogP contribution is -2.15. The zero-order valence-corrected chi connectivity index (χ0v) is 13.7. The Morgan fingerprint density at radius 3 is 2.83 bits per heavy atom. The fourth-order valence-corrected chi connectivity index (χ4v) is 3.28. The minimum atomic E-state index is -0.0118. The molecule has 0 amide bonds. The van der Waals surface area contributed by atoms with Gasteiger partial charge in [-0.25, -0.2) is 4.99 Å². The summed E-state index contributed by atoms with van der Waals surface area (Å²) in [7, 11) is 0. The van der Waals surface area contributed by atoms with Gasteiger partial charge in [0, 0.05) is 11.6 Å². The summed E-state index contributed by atoms with van der Waals surface area (Å²) in [5, 5.41) is 5.39. The number of anilines is 1. The molecule has 3 aromatic rings. The molecule has 5 nitrogen and oxygen atoms in total. The standard InChI is InChI=1S/C18H14N4OS/c1-11-7-8-14-13(9-11)15(23)16-17(20-14)21-22-18(24-16)19-10-12-5-3-2-4-6-12/h2-10H,1H3,(H2,20,21,23)/b19-10+. The Morgan fingerprint density at radius 2 is 2.00 bits per heavy atom. The second-order valence-electron chi connectivity index (χ2n) is 5.48. The van der Waals surface area contributed by atoms with E-state index in [2.05, 4.69) is 20.5 Å². The number of aromatic nitrogens is 1. The topological polar surface area (TPSA) is 69.6 Å². The summed E-state index contributed by atoms with van der Waals surface area (Å²) >= 11 is 1.27. The van der Waals surface area contributed by atoms with Crippen LogP contribution in [0.5, 0.6) is 0 Å². The molecule has 1 aliphatic rings. The molecule has 1 aromatic heterocycles. The third-order valence-corrected chi connectivity index (χ3v) is 4.67. The second-order valence-corrected chi connectivity index (χ2v) is 6.46. The molecule has 2 heterocycles. The van der Waals surface area contributed by atoms with Gasteiger partial charge in [0.05, 0.1) is 5.52 Å². The van der Waals surface area contributed by atoms with E-state index in [-0.39, 0.29) is 5.43 Å². The van der Waals surface area contributed by atoms with Crippen molar-refractivity contribution in [2.24, 2.45) is 10.1 Å². The molecule has 6 heteroatoms. The number of benzene rings is 2. The number of aromatic amines is 1. The van der Waals surface area contributed by atoms with E-state index in [0.29, 0.717) is 21.3 Å². The van der Waals surface area contributed by atoms with Gasteiger partial charge in [-0.3, -0.25) is 10.2 Å². The maximum atomic E-state index is 12.8. The van der Waals surface area contributed by atoms with Crippen molar-refractivity contribution in [1.82, 2.24) is 4.98 Å². The molecule has 0 atom stereocenters. The van der Waals surface area contributed by atoms with Gasteiger partial charge >= 0.3 is 0 Å². The predicted octanol–water partition coefficient (Wildman–Crippen LogP) is 3.74. The highest BCUT2D eigenvalue weighted by Crippen LogP contribution is 2.30. The van der Waals surface area contributed by atoms with Crippen molar-refractivity contribution in [2.45, 2.75) is 11.8 Å². The number of nitrogens with zero attached hydrogens (tertiary/aromatic N) is 2. The number of thioether (sulfide) groups is 1. The molecule has 0 aliphatic carbocycles. The highest BCUT2D eigenvalue weighted by atomic mass is 32.2. The number of aryl methyl sites for hydroxylation is 1. The van der Waals surface area contributed by atoms with Crippen LogP contribution in [0.3, 0.4) is 0 Å². The van der Waals surface area contributed by atoms with E-state index in [0.717, 1.165) is 16.6 Å². The SMILES string of the molecule is Cc1ccc2[nH]c3c(c(=O)c2c1)SC(/N=C/c1ccccc1)=NN3. The first kappa shape index (κ1) is 14.7. The van der Waals surface area contributed by atoms with Crippen molar-refractivity contribution in [3.8, 4) is 0 Å². The molecule has 118 valence electrons. The lowest BCUT2D eigenvalue weighted by Gasteiger charge is -2.14. The number of amidine groups is 1. The number of hydrogen-bond acceptors (Lipinski definition) is 5. The average Bonchev–Trinajstić information content (AvgIpc) is 2.62. The van der Waals surface area contributed by atoms with Crippen molar-refractivity contribution in [3.05, 3.63) is 69.9 Å². The molecule has 0 unspecified atom stereocenters. The summed E-state index contributed by atoms with van der Waals surface area (Å²) in [6.45, 7) is 1.97. The molecular weight excluding hydrogens is 320 g/mol. The molecule has 2 N–H and O–H groups in total. The van der Waals surface area contributed by atoms with Crippen molar-refractivity contribution >= 4 is 39.9 Å². The van der Waals surface area contributed by atoms with Gasteiger partial charge in [-0.15, -0.1) is 5.10 Å². The Kier molecular flexibility index (Phi) is 3.66. The van der Waals surface area contributed by atoms with Crippen LogP contribution in [0.15, 0.2) is 68.3 Å². The monoisotopic (exact) mass is 334 g/mol. The summed E-state index contributed by atoms with van der Waals surface area (Å²) in [4.78, 5) is 20.9. The van der Waals surface area contributed by atoms with Crippen LogP contribution in [0.1, 0.15) is 11.1 Å². The zero-order chi connectivity index (χ0) is 16.5. The summed E-state index contributed by atoms with van der Waals surface area (Å²) < 4.78 is 0. The van der Waals surface area contributed by atoms with Gasteiger partial charge < -0.3 is 4.98 Å². The number of pyridine rings is 1. The van der Waals surface area contributed by atoms with E-state index < -0.39 is 0 Å². The first-order valence-corrected chi connectivity index (χ1v) is 8.30. The Balaban J connectivity index is 1.70. The first-order chi connectivity index (χ1) is 11.7. The summed E-state index contributed by atoms with van der Waals surface area (Å²) in [6, 6.07) is 15.5. The number of fused-ring (bicyclic) bond motifs is 2. The van der Waals surface area contributed by atoms with Crippen LogP contribution in [0, 0.1) is 6.92 Å². The van der Waals surface area contributed by atoms with Crippen LogP contribution >= 0.6 is 11.8 Å². The van der Waals surface area contributed by atoms with Crippen molar-refractivity contribution < 1.29 is 0 Å². The highest BCUT2D eigenvalue weighted by Gasteiger charge is 2.19. The zero-order valence-electron chi connectivity index (χ0n) is 12.9. The molecule has 24 heavy (non-hydrogen) atoms. The number of H-pyrrole nitrogens is 1. The normalized spacial score (nSPS) is 13.6. The molecule has 0 fully saturated rings. The number of nitrogens with one attached hydrogen (secondary N) is 2. The van der Waals surface area contributed by atoms with Gasteiger partial charge in [-0.1, -0.05) is 42.0 Å². The van der Waals surface area contributed by atoms with E-state index in [1.807, 2.05) is 55.5 Å². The molecule has 0 bridgehead atoms. The first-order valence-electron chi connectivity index (χ1n) is 7.48. The van der Waals surface area contributed by atoms with Crippen LogP contribution in [0.2, 0.25) is 0 Å². The Labute approximate surface area is 142 Å². The molecule has 1 aliphatic heterocycles. The second kappa shape index (κ2) is 5.98. The number of hydrazone groups is 1. The molecule has 4 rings (SSSR count). The molecule has 0 saturated heterocycles. The quantitative estimate of drug-likeness (QED) is 0.666. The van der Waals surface area contributed by atoms with Crippen molar-refractivity contribution in [3.63, 3.8) is 0 Å². The minimum Gasteiger partial charge on any atom is -0.339 e. The van der Waals surface area contributed by atoms with Crippen molar-refractivity contribution in [1.29, 1.82) is 0 Å². The Bertz CT molecular complexity index is 1040. The van der Waals surface area contributed by atoms with Gasteiger partial charge in [0.1, 0.15) is 10.7 Å². The Hall–Kier alpha value is -2.86. The number of rotatable bonds is 1. The van der Waals surface area contributed by atoms with Crippen LogP contribution in [0.4, 0.5) is 5.82 Å². The van der Waals surface area contributed by atoms with E-state index in [1.165, 1.54) is 11.8 Å². The van der Waals surface area contributed by atoms with Gasteiger partial charge in [0.25, 0.3) is 0 Å². The largest absolute Gasteiger partial charge is 0.339 e. The van der Waals surface area contributed by atoms with Crippen LogP contribution in [-0.2, 0) is 0 Å². The minimum absolute atomic E-state index is 0.0118. The van der Waals surface area contributed by atoms with Crippen LogP contribution in [0.25, 0.3) is 10.9 Å². The van der Waals surface area contributed by atoms with Crippen LogP contribution in [-0.4, -0.2) is 16.4 Å². The van der Waals surface area contributed by atoms with E-state index in [9.17, 15) is 4.79 Å². The summed E-state index contributed by atoms with van der Waals surface area (Å²) in [5.41, 5.74) is 5.71. The van der Waals surface area contributed by atoms with Crippen LogP contribution < -0.4 is 10.9 Å². The smallest absolute Gasteiger partial charge is 0.211 e. The predicted molar refractivity (Wildman–Crippen MR) is 100 cm³/mol. The molecule has 0 radical (unpaired) electrons. The van der Waals surface area contributed by atoms with Crippen molar-refractivity contribution in [2.75, 3.05) is 5.43 Å². The maximum absolute atomic E-state index is 12.8. The number of aliphatic imine (C=N–C) groups is 1. The lowest BCUT2D eigenvalue weighted by molar-refractivity contribution is 1.17. The lowest BCUT2D eigenvalue weighted by atomic mass is 10.1. The molecule has 0 spiro atoms. The van der Waals surface area contributed by atoms with Gasteiger partial charge in [0.15, 0.2) is 0 Å². The van der Waals surface area contributed by atoms with Gasteiger partial charge in [-0.05, 0) is 36.4 Å². The third kappa shape index (κ3) is 2.72. The van der Waals surface area contributed by atoms with E-state index >= 15 is 0 Å². The van der Waals surface area contributed by atoms with E-state index in [4.69, 9.17) is 0 Å². The summed E-state index contributed by atoms with van der Waals surface area (Å²) in [5.74, 6) is 0.611. The molecule has 2 aromatic carbocycles. The van der Waals surface area contributed by atoms with Gasteiger partial charge in [0.2, 0.25) is 10.6 Å². The fourth-order valence-electron chi connectivity index (χ4n) is 2.50. The van der Waals surface area contributed by atoms with E-state index in [1.54, 1.807) is 6.21 Å². The summed E-state index contributed by atoms with van der Waals surface area (Å²) in [6.07, 6.45) is 1.73. The number of hydrogen-bond donors (Lipinski definition) is 2. The molecular formula is C18H14N4OS. The highest BCUT2D eigenvalue weighted by molar-refractivity contribution is 8.14. The fraction of sp³-hybridized carbons (Fsp3) is 0.0556. The third-order valence-electron chi connectivity index (χ3n) is 3.69. The van der Waals surface area contributed by atoms with Gasteiger partial charge in [-0.2, -0.15) is 0 Å². The maximum Gasteiger partial charge on any atom is 0.211 e. The average molecular weight is 334 g/mol.